The Labute approximate surface area is 109 Å². The molecule has 2 aromatic rings. The number of anilines is 1. The summed E-state index contributed by atoms with van der Waals surface area (Å²) in [5.41, 5.74) is 7.09. The Bertz CT molecular complexity index is 723. The van der Waals surface area contributed by atoms with Crippen LogP contribution in [0, 0.1) is 0 Å². The van der Waals surface area contributed by atoms with Gasteiger partial charge in [0.2, 0.25) is 0 Å². The highest BCUT2D eigenvalue weighted by Crippen LogP contribution is 2.31. The van der Waals surface area contributed by atoms with Gasteiger partial charge in [-0.3, -0.25) is 4.40 Å². The second-order valence-corrected chi connectivity index (χ2v) is 7.17. The molecular weight excluding hydrogens is 274 g/mol. The number of imidazole rings is 1. The fourth-order valence-corrected chi connectivity index (χ4v) is 4.35. The van der Waals surface area contributed by atoms with Crippen molar-refractivity contribution in [2.24, 2.45) is 0 Å². The Morgan fingerprint density at radius 3 is 2.89 bits per heavy atom. The van der Waals surface area contributed by atoms with E-state index in [2.05, 4.69) is 4.98 Å². The van der Waals surface area contributed by atoms with Crippen LogP contribution in [0.2, 0.25) is 5.15 Å². The minimum Gasteiger partial charge on any atom is -0.398 e. The highest BCUT2D eigenvalue weighted by atomic mass is 35.5. The van der Waals surface area contributed by atoms with Crippen LogP contribution in [0.3, 0.4) is 0 Å². The SMILES string of the molecule is Nc1ccc2c(Cl)nc(C3CCS(=O)(=O)C3)n2c1. The van der Waals surface area contributed by atoms with Gasteiger partial charge in [0.15, 0.2) is 15.0 Å². The van der Waals surface area contributed by atoms with Crippen molar-refractivity contribution < 1.29 is 8.42 Å². The summed E-state index contributed by atoms with van der Waals surface area (Å²) in [6.45, 7) is 0. The Morgan fingerprint density at radius 1 is 1.44 bits per heavy atom. The first-order valence-corrected chi connectivity index (χ1v) is 7.79. The van der Waals surface area contributed by atoms with Crippen molar-refractivity contribution in [3.63, 3.8) is 0 Å². The van der Waals surface area contributed by atoms with Crippen molar-refractivity contribution in [3.05, 3.63) is 29.3 Å². The van der Waals surface area contributed by atoms with Gasteiger partial charge in [0, 0.05) is 17.8 Å². The van der Waals surface area contributed by atoms with Crippen LogP contribution in [-0.4, -0.2) is 29.3 Å². The van der Waals surface area contributed by atoms with Crippen LogP contribution < -0.4 is 5.73 Å². The maximum Gasteiger partial charge on any atom is 0.155 e. The molecule has 0 aliphatic carbocycles. The first-order chi connectivity index (χ1) is 8.46. The molecule has 1 saturated heterocycles. The zero-order valence-corrected chi connectivity index (χ0v) is 11.1. The Balaban J connectivity index is 2.15. The molecular formula is C11H12ClN3O2S. The zero-order valence-electron chi connectivity index (χ0n) is 9.51. The second-order valence-electron chi connectivity index (χ2n) is 4.58. The molecule has 1 aliphatic rings. The summed E-state index contributed by atoms with van der Waals surface area (Å²) >= 11 is 6.06. The average molecular weight is 286 g/mol. The fraction of sp³-hybridized carbons (Fsp3) is 0.364. The van der Waals surface area contributed by atoms with E-state index >= 15 is 0 Å². The normalized spacial score (nSPS) is 22.6. The Hall–Kier alpha value is -1.27. The lowest BCUT2D eigenvalue weighted by Crippen LogP contribution is -2.07. The molecule has 0 spiro atoms. The van der Waals surface area contributed by atoms with Crippen molar-refractivity contribution in [3.8, 4) is 0 Å². The van der Waals surface area contributed by atoms with Crippen LogP contribution in [0.25, 0.3) is 5.52 Å². The van der Waals surface area contributed by atoms with Gasteiger partial charge in [-0.25, -0.2) is 13.4 Å². The molecule has 3 rings (SSSR count). The molecule has 0 saturated carbocycles. The molecule has 1 unspecified atom stereocenters. The molecule has 18 heavy (non-hydrogen) atoms. The van der Waals surface area contributed by atoms with Crippen LogP contribution in [0.1, 0.15) is 18.2 Å². The van der Waals surface area contributed by atoms with Crippen LogP contribution in [-0.2, 0) is 9.84 Å². The third-order valence-corrected chi connectivity index (χ3v) is 5.29. The summed E-state index contributed by atoms with van der Waals surface area (Å²) in [4.78, 5) is 4.29. The van der Waals surface area contributed by atoms with E-state index in [0.29, 0.717) is 23.1 Å². The number of rotatable bonds is 1. The first-order valence-electron chi connectivity index (χ1n) is 5.60. The summed E-state index contributed by atoms with van der Waals surface area (Å²) < 4.78 is 24.9. The summed E-state index contributed by atoms with van der Waals surface area (Å²) in [5, 5.41) is 0.384. The second kappa shape index (κ2) is 3.86. The molecule has 3 heterocycles. The van der Waals surface area contributed by atoms with E-state index in [1.807, 2.05) is 0 Å². The smallest absolute Gasteiger partial charge is 0.155 e. The van der Waals surface area contributed by atoms with Crippen LogP contribution >= 0.6 is 11.6 Å². The topological polar surface area (TPSA) is 77.5 Å². The number of nitrogen functional groups attached to an aromatic ring is 1. The van der Waals surface area contributed by atoms with E-state index in [-0.39, 0.29) is 17.4 Å². The van der Waals surface area contributed by atoms with Gasteiger partial charge >= 0.3 is 0 Å². The number of hydrogen-bond acceptors (Lipinski definition) is 4. The van der Waals surface area contributed by atoms with Gasteiger partial charge in [0.05, 0.1) is 17.0 Å². The number of nitrogens with two attached hydrogens (primary N) is 1. The molecule has 2 aromatic heterocycles. The van der Waals surface area contributed by atoms with Crippen molar-refractivity contribution >= 4 is 32.6 Å². The molecule has 0 aromatic carbocycles. The molecule has 0 amide bonds. The van der Waals surface area contributed by atoms with Gasteiger partial charge < -0.3 is 5.73 Å². The predicted molar refractivity (Wildman–Crippen MR) is 70.6 cm³/mol. The van der Waals surface area contributed by atoms with E-state index in [0.717, 1.165) is 5.52 Å². The molecule has 7 heteroatoms. The molecule has 5 nitrogen and oxygen atoms in total. The minimum absolute atomic E-state index is 0.100. The quantitative estimate of drug-likeness (QED) is 0.861. The van der Waals surface area contributed by atoms with E-state index in [4.69, 9.17) is 17.3 Å². The van der Waals surface area contributed by atoms with Crippen LogP contribution in [0.15, 0.2) is 18.3 Å². The Morgan fingerprint density at radius 2 is 2.22 bits per heavy atom. The van der Waals surface area contributed by atoms with Crippen molar-refractivity contribution in [2.45, 2.75) is 12.3 Å². The first kappa shape index (κ1) is 11.8. The van der Waals surface area contributed by atoms with Gasteiger partial charge in [-0.2, -0.15) is 0 Å². The van der Waals surface area contributed by atoms with Crippen molar-refractivity contribution in [1.82, 2.24) is 9.38 Å². The fourth-order valence-electron chi connectivity index (χ4n) is 2.37. The predicted octanol–water partition coefficient (Wildman–Crippen LogP) is 1.47. The summed E-state index contributed by atoms with van der Waals surface area (Å²) in [6.07, 6.45) is 2.32. The van der Waals surface area contributed by atoms with E-state index < -0.39 is 9.84 Å². The molecule has 2 N–H and O–H groups in total. The number of halogens is 1. The standard InChI is InChI=1S/C11H12ClN3O2S/c12-10-9-2-1-8(13)5-15(9)11(14-10)7-3-4-18(16,17)6-7/h1-2,5,7H,3-4,6,13H2. The van der Waals surface area contributed by atoms with Crippen molar-refractivity contribution in [2.75, 3.05) is 17.2 Å². The lowest BCUT2D eigenvalue weighted by molar-refractivity contribution is 0.601. The number of nitrogens with zero attached hydrogens (tertiary/aromatic N) is 2. The van der Waals surface area contributed by atoms with Crippen LogP contribution in [0.5, 0.6) is 0 Å². The molecule has 1 atom stereocenters. The van der Waals surface area contributed by atoms with E-state index in [1.54, 1.807) is 22.7 Å². The van der Waals surface area contributed by atoms with Gasteiger partial charge in [-0.15, -0.1) is 0 Å². The summed E-state index contributed by atoms with van der Waals surface area (Å²) in [7, 11) is -2.94. The molecule has 1 fully saturated rings. The molecule has 96 valence electrons. The number of pyridine rings is 1. The number of fused-ring (bicyclic) bond motifs is 1. The maximum atomic E-state index is 11.5. The third kappa shape index (κ3) is 1.85. The minimum atomic E-state index is -2.94. The third-order valence-electron chi connectivity index (χ3n) is 3.24. The lowest BCUT2D eigenvalue weighted by atomic mass is 10.1. The lowest BCUT2D eigenvalue weighted by Gasteiger charge is -2.06. The maximum absolute atomic E-state index is 11.5. The number of hydrogen-bond donors (Lipinski definition) is 1. The summed E-state index contributed by atoms with van der Waals surface area (Å²) in [6, 6.07) is 3.54. The van der Waals surface area contributed by atoms with Gasteiger partial charge in [0.25, 0.3) is 0 Å². The average Bonchev–Trinajstić information content (AvgIpc) is 2.80. The van der Waals surface area contributed by atoms with Crippen molar-refractivity contribution in [1.29, 1.82) is 0 Å². The Kier molecular flexibility index (Phi) is 2.53. The van der Waals surface area contributed by atoms with E-state index in [9.17, 15) is 8.42 Å². The molecule has 0 bridgehead atoms. The van der Waals surface area contributed by atoms with Gasteiger partial charge in [-0.1, -0.05) is 11.6 Å². The number of aromatic nitrogens is 2. The highest BCUT2D eigenvalue weighted by molar-refractivity contribution is 7.91. The molecule has 1 aliphatic heterocycles. The summed E-state index contributed by atoms with van der Waals surface area (Å²) in [5.74, 6) is 0.934. The van der Waals surface area contributed by atoms with Crippen LogP contribution in [0.4, 0.5) is 5.69 Å². The molecule has 0 radical (unpaired) electrons. The highest BCUT2D eigenvalue weighted by Gasteiger charge is 2.32. The zero-order chi connectivity index (χ0) is 12.9. The van der Waals surface area contributed by atoms with E-state index in [1.165, 1.54) is 0 Å². The van der Waals surface area contributed by atoms with Gasteiger partial charge in [-0.05, 0) is 18.6 Å². The number of sulfone groups is 1. The monoisotopic (exact) mass is 285 g/mol. The largest absolute Gasteiger partial charge is 0.398 e. The van der Waals surface area contributed by atoms with Gasteiger partial charge in [0.1, 0.15) is 5.82 Å².